The third-order valence-corrected chi connectivity index (χ3v) is 4.68. The number of fused-ring (bicyclic) bond motifs is 1. The predicted octanol–water partition coefficient (Wildman–Crippen LogP) is 3.14. The second kappa shape index (κ2) is 5.62. The van der Waals surface area contributed by atoms with Crippen molar-refractivity contribution in [2.45, 2.75) is 58.8 Å². The Morgan fingerprint density at radius 1 is 1.19 bits per heavy atom. The van der Waals surface area contributed by atoms with Crippen LogP contribution in [-0.2, 0) is 6.42 Å². The molecule has 1 aliphatic carbocycles. The van der Waals surface area contributed by atoms with Crippen LogP contribution in [0.25, 0.3) is 11.0 Å². The van der Waals surface area contributed by atoms with Crippen molar-refractivity contribution in [2.24, 2.45) is 11.8 Å². The summed E-state index contributed by atoms with van der Waals surface area (Å²) in [4.78, 5) is 19.7. The Labute approximate surface area is 124 Å². The average Bonchev–Trinajstić information content (AvgIpc) is 2.86. The summed E-state index contributed by atoms with van der Waals surface area (Å²) in [5.41, 5.74) is 2.00. The number of rotatable bonds is 3. The van der Waals surface area contributed by atoms with E-state index in [2.05, 4.69) is 40.9 Å². The molecule has 114 valence electrons. The van der Waals surface area contributed by atoms with Crippen LogP contribution >= 0.6 is 0 Å². The summed E-state index contributed by atoms with van der Waals surface area (Å²) in [6.07, 6.45) is 5.94. The van der Waals surface area contributed by atoms with Crippen molar-refractivity contribution >= 4 is 11.0 Å². The van der Waals surface area contributed by atoms with Gasteiger partial charge in [-0.25, -0.2) is 4.98 Å². The average molecular weight is 288 g/mol. The number of H-pyrrole nitrogens is 2. The molecule has 0 atom stereocenters. The number of hydrogen-bond acceptors (Lipinski definition) is 3. The number of nitrogens with zero attached hydrogens (tertiary/aromatic N) is 2. The zero-order valence-corrected chi connectivity index (χ0v) is 13.1. The van der Waals surface area contributed by atoms with Gasteiger partial charge < -0.3 is 4.98 Å². The van der Waals surface area contributed by atoms with Gasteiger partial charge in [-0.2, -0.15) is 5.10 Å². The largest absolute Gasteiger partial charge is 0.309 e. The van der Waals surface area contributed by atoms with Crippen molar-refractivity contribution in [1.82, 2.24) is 20.2 Å². The van der Waals surface area contributed by atoms with Crippen LogP contribution in [0.3, 0.4) is 0 Å². The standard InChI is InChI=1S/C16H24N4O/c1-9(2)13-14-15(20-19-13)16(21)18-12(17-14)8-11-6-4-10(3)5-7-11/h9-11H,4-8H2,1-3H3,(H,19,20)(H,17,18,21). The van der Waals surface area contributed by atoms with Crippen molar-refractivity contribution in [2.75, 3.05) is 0 Å². The molecular formula is C16H24N4O. The Bertz CT molecular complexity index is 677. The van der Waals surface area contributed by atoms with E-state index in [9.17, 15) is 4.79 Å². The highest BCUT2D eigenvalue weighted by Crippen LogP contribution is 2.30. The maximum absolute atomic E-state index is 12.2. The van der Waals surface area contributed by atoms with Gasteiger partial charge in [0.15, 0.2) is 5.52 Å². The van der Waals surface area contributed by atoms with Crippen LogP contribution in [0.15, 0.2) is 4.79 Å². The van der Waals surface area contributed by atoms with Crippen LogP contribution in [0.2, 0.25) is 0 Å². The second-order valence-corrected chi connectivity index (χ2v) is 6.83. The molecule has 0 bridgehead atoms. The first-order chi connectivity index (χ1) is 10.0. The van der Waals surface area contributed by atoms with E-state index in [1.165, 1.54) is 25.7 Å². The zero-order chi connectivity index (χ0) is 15.0. The third-order valence-electron chi connectivity index (χ3n) is 4.68. The molecule has 0 aliphatic heterocycles. The fourth-order valence-electron chi connectivity index (χ4n) is 3.28. The molecule has 2 heterocycles. The molecule has 1 saturated carbocycles. The molecule has 0 spiro atoms. The summed E-state index contributed by atoms with van der Waals surface area (Å²) in [6.45, 7) is 6.48. The van der Waals surface area contributed by atoms with E-state index in [4.69, 9.17) is 0 Å². The molecule has 1 fully saturated rings. The highest BCUT2D eigenvalue weighted by Gasteiger charge is 2.21. The summed E-state index contributed by atoms with van der Waals surface area (Å²) in [6, 6.07) is 0. The monoisotopic (exact) mass is 288 g/mol. The maximum atomic E-state index is 12.2. The van der Waals surface area contributed by atoms with E-state index in [0.717, 1.165) is 29.4 Å². The summed E-state index contributed by atoms with van der Waals surface area (Å²) < 4.78 is 0. The van der Waals surface area contributed by atoms with Crippen LogP contribution in [0.4, 0.5) is 0 Å². The molecule has 5 heteroatoms. The molecule has 3 rings (SSSR count). The molecule has 21 heavy (non-hydrogen) atoms. The molecule has 0 aromatic carbocycles. The lowest BCUT2D eigenvalue weighted by atomic mass is 9.81. The lowest BCUT2D eigenvalue weighted by Crippen LogP contribution is -2.18. The normalized spacial score (nSPS) is 23.0. The lowest BCUT2D eigenvalue weighted by molar-refractivity contribution is 0.286. The summed E-state index contributed by atoms with van der Waals surface area (Å²) in [5.74, 6) is 2.59. The third kappa shape index (κ3) is 2.87. The minimum Gasteiger partial charge on any atom is -0.309 e. The van der Waals surface area contributed by atoms with Gasteiger partial charge in [-0.1, -0.05) is 33.6 Å². The maximum Gasteiger partial charge on any atom is 0.279 e. The van der Waals surface area contributed by atoms with Crippen LogP contribution in [0.5, 0.6) is 0 Å². The van der Waals surface area contributed by atoms with E-state index < -0.39 is 0 Å². The highest BCUT2D eigenvalue weighted by molar-refractivity contribution is 5.76. The molecule has 2 aromatic heterocycles. The van der Waals surface area contributed by atoms with E-state index in [1.54, 1.807) is 0 Å². The molecule has 0 amide bonds. The molecule has 5 nitrogen and oxygen atoms in total. The highest BCUT2D eigenvalue weighted by atomic mass is 16.1. The fraction of sp³-hybridized carbons (Fsp3) is 0.688. The molecular weight excluding hydrogens is 264 g/mol. The topological polar surface area (TPSA) is 74.4 Å². The molecule has 0 radical (unpaired) electrons. The first kappa shape index (κ1) is 14.3. The van der Waals surface area contributed by atoms with Crippen molar-refractivity contribution in [3.8, 4) is 0 Å². The summed E-state index contributed by atoms with van der Waals surface area (Å²) in [5, 5.41) is 7.06. The second-order valence-electron chi connectivity index (χ2n) is 6.83. The van der Waals surface area contributed by atoms with Gasteiger partial charge in [-0.05, 0) is 30.6 Å². The van der Waals surface area contributed by atoms with Gasteiger partial charge >= 0.3 is 0 Å². The SMILES string of the molecule is CC1CCC(Cc2nc3c(C(C)C)[nH]nc3c(=O)[nH]2)CC1. The Hall–Kier alpha value is -1.65. The predicted molar refractivity (Wildman–Crippen MR) is 83.4 cm³/mol. The number of nitrogens with one attached hydrogen (secondary N) is 2. The van der Waals surface area contributed by atoms with E-state index in [0.29, 0.717) is 11.4 Å². The van der Waals surface area contributed by atoms with Crippen molar-refractivity contribution in [1.29, 1.82) is 0 Å². The summed E-state index contributed by atoms with van der Waals surface area (Å²) >= 11 is 0. The van der Waals surface area contributed by atoms with Crippen molar-refractivity contribution in [3.05, 3.63) is 21.9 Å². The fourth-order valence-corrected chi connectivity index (χ4v) is 3.28. The van der Waals surface area contributed by atoms with Gasteiger partial charge in [0.05, 0.1) is 5.69 Å². The Morgan fingerprint density at radius 3 is 2.57 bits per heavy atom. The Morgan fingerprint density at radius 2 is 1.90 bits per heavy atom. The molecule has 2 aromatic rings. The molecule has 2 N–H and O–H groups in total. The van der Waals surface area contributed by atoms with Crippen LogP contribution < -0.4 is 5.56 Å². The number of hydrogen-bond donors (Lipinski definition) is 2. The van der Waals surface area contributed by atoms with Gasteiger partial charge in [0.1, 0.15) is 11.3 Å². The van der Waals surface area contributed by atoms with E-state index in [-0.39, 0.29) is 11.5 Å². The van der Waals surface area contributed by atoms with Crippen molar-refractivity contribution in [3.63, 3.8) is 0 Å². The van der Waals surface area contributed by atoms with Crippen LogP contribution in [0.1, 0.15) is 63.9 Å². The first-order valence-corrected chi connectivity index (χ1v) is 8.01. The van der Waals surface area contributed by atoms with Gasteiger partial charge in [0, 0.05) is 6.42 Å². The minimum absolute atomic E-state index is 0.123. The molecule has 0 saturated heterocycles. The number of aromatic amines is 2. The first-order valence-electron chi connectivity index (χ1n) is 8.01. The van der Waals surface area contributed by atoms with Gasteiger partial charge in [0.25, 0.3) is 5.56 Å². The van der Waals surface area contributed by atoms with Crippen LogP contribution in [0, 0.1) is 11.8 Å². The Balaban J connectivity index is 1.89. The lowest BCUT2D eigenvalue weighted by Gasteiger charge is -2.25. The van der Waals surface area contributed by atoms with Gasteiger partial charge in [-0.3, -0.25) is 9.89 Å². The quantitative estimate of drug-likeness (QED) is 0.911. The molecule has 0 unspecified atom stereocenters. The van der Waals surface area contributed by atoms with E-state index >= 15 is 0 Å². The minimum atomic E-state index is -0.123. The Kier molecular flexibility index (Phi) is 3.83. The zero-order valence-electron chi connectivity index (χ0n) is 13.1. The smallest absolute Gasteiger partial charge is 0.279 e. The van der Waals surface area contributed by atoms with Gasteiger partial charge in [-0.15, -0.1) is 0 Å². The van der Waals surface area contributed by atoms with E-state index in [1.807, 2.05) is 0 Å². The van der Waals surface area contributed by atoms with Crippen molar-refractivity contribution < 1.29 is 0 Å². The number of aromatic nitrogens is 4. The summed E-state index contributed by atoms with van der Waals surface area (Å²) in [7, 11) is 0. The molecule has 1 aliphatic rings. The van der Waals surface area contributed by atoms with Crippen LogP contribution in [-0.4, -0.2) is 20.2 Å². The van der Waals surface area contributed by atoms with Gasteiger partial charge in [0.2, 0.25) is 0 Å².